The van der Waals surface area contributed by atoms with Crippen molar-refractivity contribution >= 4 is 0 Å². The van der Waals surface area contributed by atoms with E-state index in [-0.39, 0.29) is 0 Å². The van der Waals surface area contributed by atoms with Crippen molar-refractivity contribution in [2.75, 3.05) is 0 Å². The van der Waals surface area contributed by atoms with Gasteiger partial charge in [-0.1, -0.05) is 146 Å². The van der Waals surface area contributed by atoms with Gasteiger partial charge in [0.15, 0.2) is 17.5 Å². The predicted octanol–water partition coefficient (Wildman–Crippen LogP) is 10.9. The zero-order valence-electron chi connectivity index (χ0n) is 27.9. The van der Waals surface area contributed by atoms with Gasteiger partial charge in [-0.3, -0.25) is 0 Å². The maximum Gasteiger partial charge on any atom is 0.164 e. The lowest BCUT2D eigenvalue weighted by Crippen LogP contribution is -2.32. The molecule has 1 aliphatic carbocycles. The Labute approximate surface area is 301 Å². The first-order valence-electron chi connectivity index (χ1n) is 17.3. The van der Waals surface area contributed by atoms with Crippen LogP contribution in [0.15, 0.2) is 170 Å². The molecule has 0 saturated heterocycles. The third-order valence-corrected chi connectivity index (χ3v) is 10.3. The van der Waals surface area contributed by atoms with Crippen molar-refractivity contribution in [2.45, 2.75) is 5.41 Å². The quantitative estimate of drug-likeness (QED) is 0.187. The molecule has 10 rings (SSSR count). The van der Waals surface area contributed by atoms with Crippen molar-refractivity contribution in [3.05, 3.63) is 198 Å². The lowest BCUT2D eigenvalue weighted by atomic mass is 9.66. The van der Waals surface area contributed by atoms with Crippen LogP contribution in [0.3, 0.4) is 0 Å². The Kier molecular flexibility index (Phi) is 6.70. The Bertz CT molecular complexity index is 2670. The Morgan fingerprint density at radius 1 is 0.404 bits per heavy atom. The van der Waals surface area contributed by atoms with Crippen LogP contribution in [0.4, 0.5) is 0 Å². The molecule has 8 aromatic rings. The van der Waals surface area contributed by atoms with Crippen LogP contribution in [0, 0.1) is 11.3 Å². The SMILES string of the molecule is N#Cc1ccc(-c2ccc(-c3nc(-c4ccccc4)nc(-c4cccc5c4-c4ccccc4C54c5ccccc5Oc5ccccc54)n3)cc2)cc1. The fraction of sp³-hybridized carbons (Fsp3) is 0.0213. The monoisotopic (exact) mass is 664 g/mol. The highest BCUT2D eigenvalue weighted by molar-refractivity contribution is 5.95. The summed E-state index contributed by atoms with van der Waals surface area (Å²) in [5.41, 5.74) is 11.7. The van der Waals surface area contributed by atoms with Crippen LogP contribution in [-0.4, -0.2) is 15.0 Å². The summed E-state index contributed by atoms with van der Waals surface area (Å²) in [7, 11) is 0. The van der Waals surface area contributed by atoms with E-state index in [2.05, 4.69) is 109 Å². The highest BCUT2D eigenvalue weighted by Gasteiger charge is 2.51. The minimum atomic E-state index is -0.591. The van der Waals surface area contributed by atoms with E-state index in [0.717, 1.165) is 61.6 Å². The maximum absolute atomic E-state index is 9.24. The smallest absolute Gasteiger partial charge is 0.164 e. The number of ether oxygens (including phenoxy) is 1. The molecule has 0 bridgehead atoms. The van der Waals surface area contributed by atoms with Crippen LogP contribution in [0.1, 0.15) is 27.8 Å². The molecule has 5 nitrogen and oxygen atoms in total. The van der Waals surface area contributed by atoms with Crippen LogP contribution in [-0.2, 0) is 5.41 Å². The molecule has 2 heterocycles. The van der Waals surface area contributed by atoms with E-state index >= 15 is 0 Å². The van der Waals surface area contributed by atoms with Crippen molar-refractivity contribution < 1.29 is 4.74 Å². The molecule has 242 valence electrons. The third kappa shape index (κ3) is 4.45. The first-order valence-corrected chi connectivity index (χ1v) is 17.3. The Morgan fingerprint density at radius 3 is 1.54 bits per heavy atom. The summed E-state index contributed by atoms with van der Waals surface area (Å²) >= 11 is 0. The molecule has 0 N–H and O–H groups in total. The van der Waals surface area contributed by atoms with Gasteiger partial charge in [-0.05, 0) is 57.6 Å². The molecule has 2 aliphatic rings. The summed E-state index contributed by atoms with van der Waals surface area (Å²) in [5, 5.41) is 9.24. The molecule has 0 amide bonds. The predicted molar refractivity (Wildman–Crippen MR) is 204 cm³/mol. The number of benzene rings is 7. The molecule has 1 spiro atoms. The standard InChI is InChI=1S/C47H28N4O/c48-29-30-21-23-31(24-22-30)32-25-27-34(28-26-32)45-49-44(33-11-2-1-3-12-33)50-46(51-45)36-14-10-18-40-43(36)35-13-4-5-15-37(35)47(40)38-16-6-8-19-41(38)52-42-20-9-7-17-39(42)47/h1-28H. The average Bonchev–Trinajstić information content (AvgIpc) is 3.52. The zero-order chi connectivity index (χ0) is 34.6. The van der Waals surface area contributed by atoms with Crippen LogP contribution >= 0.6 is 0 Å². The maximum atomic E-state index is 9.24. The molecule has 0 saturated carbocycles. The molecule has 0 fully saturated rings. The van der Waals surface area contributed by atoms with Gasteiger partial charge < -0.3 is 4.74 Å². The van der Waals surface area contributed by atoms with E-state index in [9.17, 15) is 5.26 Å². The van der Waals surface area contributed by atoms with Crippen molar-refractivity contribution in [3.8, 4) is 74.0 Å². The number of nitriles is 1. The first-order chi connectivity index (χ1) is 25.7. The number of hydrogen-bond donors (Lipinski definition) is 0. The van der Waals surface area contributed by atoms with E-state index in [1.807, 2.05) is 66.7 Å². The molecular formula is C47H28N4O. The highest BCUT2D eigenvalue weighted by Crippen LogP contribution is 2.63. The van der Waals surface area contributed by atoms with E-state index in [1.165, 1.54) is 11.1 Å². The lowest BCUT2D eigenvalue weighted by molar-refractivity contribution is 0.436. The summed E-state index contributed by atoms with van der Waals surface area (Å²) in [4.78, 5) is 15.4. The summed E-state index contributed by atoms with van der Waals surface area (Å²) < 4.78 is 6.54. The van der Waals surface area contributed by atoms with Crippen molar-refractivity contribution in [2.24, 2.45) is 0 Å². The molecule has 0 atom stereocenters. The van der Waals surface area contributed by atoms with Crippen LogP contribution in [0.2, 0.25) is 0 Å². The number of fused-ring (bicyclic) bond motifs is 9. The minimum absolute atomic E-state index is 0.591. The molecule has 0 radical (unpaired) electrons. The van der Waals surface area contributed by atoms with Gasteiger partial charge in [-0.15, -0.1) is 0 Å². The summed E-state index contributed by atoms with van der Waals surface area (Å²) in [5.74, 6) is 3.52. The van der Waals surface area contributed by atoms with Gasteiger partial charge in [-0.25, -0.2) is 15.0 Å². The zero-order valence-corrected chi connectivity index (χ0v) is 27.9. The highest BCUT2D eigenvalue weighted by atomic mass is 16.5. The van der Waals surface area contributed by atoms with Crippen LogP contribution in [0.5, 0.6) is 11.5 Å². The van der Waals surface area contributed by atoms with Gasteiger partial charge in [0.25, 0.3) is 0 Å². The number of rotatable bonds is 4. The molecule has 0 unspecified atom stereocenters. The van der Waals surface area contributed by atoms with E-state index in [0.29, 0.717) is 23.0 Å². The van der Waals surface area contributed by atoms with Gasteiger partial charge in [-0.2, -0.15) is 5.26 Å². The number of nitrogens with zero attached hydrogens (tertiary/aromatic N) is 4. The van der Waals surface area contributed by atoms with Crippen LogP contribution < -0.4 is 4.74 Å². The van der Waals surface area contributed by atoms with Gasteiger partial charge in [0.05, 0.1) is 17.0 Å². The van der Waals surface area contributed by atoms with Crippen molar-refractivity contribution in [1.82, 2.24) is 15.0 Å². The average molecular weight is 665 g/mol. The van der Waals surface area contributed by atoms with E-state index < -0.39 is 5.41 Å². The van der Waals surface area contributed by atoms with Gasteiger partial charge in [0.2, 0.25) is 0 Å². The summed E-state index contributed by atoms with van der Waals surface area (Å²) in [6.07, 6.45) is 0. The van der Waals surface area contributed by atoms with E-state index in [4.69, 9.17) is 19.7 Å². The number of aromatic nitrogens is 3. The number of hydrogen-bond acceptors (Lipinski definition) is 5. The Hall–Kier alpha value is -7.16. The van der Waals surface area contributed by atoms with Crippen molar-refractivity contribution in [3.63, 3.8) is 0 Å². The molecule has 1 aromatic heterocycles. The first kappa shape index (κ1) is 29.7. The molecule has 7 aromatic carbocycles. The largest absolute Gasteiger partial charge is 0.457 e. The van der Waals surface area contributed by atoms with Crippen molar-refractivity contribution in [1.29, 1.82) is 5.26 Å². The topological polar surface area (TPSA) is 71.7 Å². The molecular weight excluding hydrogens is 637 g/mol. The summed E-state index contributed by atoms with van der Waals surface area (Å²) in [6.45, 7) is 0. The second kappa shape index (κ2) is 11.7. The van der Waals surface area contributed by atoms with Crippen LogP contribution in [0.25, 0.3) is 56.4 Å². The summed E-state index contributed by atoms with van der Waals surface area (Å²) in [6, 6.07) is 60.1. The third-order valence-electron chi connectivity index (χ3n) is 10.3. The molecule has 1 aliphatic heterocycles. The fourth-order valence-corrected chi connectivity index (χ4v) is 7.98. The Morgan fingerprint density at radius 2 is 0.885 bits per heavy atom. The lowest BCUT2D eigenvalue weighted by Gasteiger charge is -2.39. The second-order valence-corrected chi connectivity index (χ2v) is 13.1. The fourth-order valence-electron chi connectivity index (χ4n) is 7.98. The minimum Gasteiger partial charge on any atom is -0.457 e. The molecule has 5 heteroatoms. The van der Waals surface area contributed by atoms with Gasteiger partial charge >= 0.3 is 0 Å². The van der Waals surface area contributed by atoms with Gasteiger partial charge in [0.1, 0.15) is 11.5 Å². The number of para-hydroxylation sites is 2. The van der Waals surface area contributed by atoms with Gasteiger partial charge in [0, 0.05) is 27.8 Å². The van der Waals surface area contributed by atoms with E-state index in [1.54, 1.807) is 0 Å². The molecule has 52 heavy (non-hydrogen) atoms. The second-order valence-electron chi connectivity index (χ2n) is 13.1. The normalized spacial score (nSPS) is 12.9. The Balaban J connectivity index is 1.20.